The van der Waals surface area contributed by atoms with Gasteiger partial charge < -0.3 is 10.6 Å². The van der Waals surface area contributed by atoms with Crippen LogP contribution in [0.1, 0.15) is 32.1 Å². The van der Waals surface area contributed by atoms with Gasteiger partial charge in [-0.3, -0.25) is 0 Å². The summed E-state index contributed by atoms with van der Waals surface area (Å²) in [5, 5.41) is 7.95. The smallest absolute Gasteiger partial charge is 0.166 e. The van der Waals surface area contributed by atoms with Gasteiger partial charge in [0.05, 0.1) is 0 Å². The van der Waals surface area contributed by atoms with Crippen molar-refractivity contribution in [3.63, 3.8) is 0 Å². The molecule has 23 heavy (non-hydrogen) atoms. The average molecular weight is 347 g/mol. The van der Waals surface area contributed by atoms with E-state index in [4.69, 9.17) is 12.2 Å². The normalized spacial score (nSPS) is 34.3. The molecule has 4 bridgehead atoms. The lowest BCUT2D eigenvalue weighted by atomic mass is 9.54. The summed E-state index contributed by atoms with van der Waals surface area (Å²) in [5.41, 5.74) is 0. The molecule has 5 rings (SSSR count). The fourth-order valence-electron chi connectivity index (χ4n) is 5.21. The highest BCUT2D eigenvalue weighted by atomic mass is 32.2. The van der Waals surface area contributed by atoms with Gasteiger partial charge in [0, 0.05) is 23.2 Å². The van der Waals surface area contributed by atoms with Crippen LogP contribution in [0.3, 0.4) is 0 Å². The first-order chi connectivity index (χ1) is 11.3. The SMILES string of the molecule is S=C(NCCSc1ccccc1)NC1C2CC3CC(C2)CC1C3. The van der Waals surface area contributed by atoms with E-state index in [1.165, 1.54) is 37.0 Å². The van der Waals surface area contributed by atoms with Crippen LogP contribution < -0.4 is 10.6 Å². The maximum absolute atomic E-state index is 5.55. The molecule has 0 radical (unpaired) electrons. The number of nitrogens with one attached hydrogen (secondary N) is 2. The summed E-state index contributed by atoms with van der Waals surface area (Å²) >= 11 is 7.43. The Bertz CT molecular complexity index is 518. The van der Waals surface area contributed by atoms with Crippen LogP contribution in [0.4, 0.5) is 0 Å². The number of thiocarbonyl (C=S) groups is 1. The molecular formula is C19H26N2S2. The van der Waals surface area contributed by atoms with Crippen molar-refractivity contribution in [3.8, 4) is 0 Å². The second-order valence-corrected chi connectivity index (χ2v) is 9.09. The van der Waals surface area contributed by atoms with E-state index in [0.717, 1.165) is 41.1 Å². The van der Waals surface area contributed by atoms with Gasteiger partial charge >= 0.3 is 0 Å². The molecule has 4 saturated carbocycles. The lowest BCUT2D eigenvalue weighted by Crippen LogP contribution is -2.57. The maximum Gasteiger partial charge on any atom is 0.166 e. The van der Waals surface area contributed by atoms with Crippen LogP contribution in [0, 0.1) is 23.7 Å². The van der Waals surface area contributed by atoms with Gasteiger partial charge in [0.1, 0.15) is 0 Å². The third-order valence-electron chi connectivity index (χ3n) is 5.92. The van der Waals surface area contributed by atoms with E-state index in [1.807, 2.05) is 11.8 Å². The Morgan fingerprint density at radius 2 is 1.65 bits per heavy atom. The minimum atomic E-state index is 0.643. The molecule has 0 heterocycles. The van der Waals surface area contributed by atoms with Gasteiger partial charge in [-0.1, -0.05) is 18.2 Å². The quantitative estimate of drug-likeness (QED) is 0.477. The predicted octanol–water partition coefficient (Wildman–Crippen LogP) is 4.07. The van der Waals surface area contributed by atoms with Crippen LogP contribution in [0.5, 0.6) is 0 Å². The standard InChI is InChI=1S/C19H26N2S2/c22-19(20-6-7-23-17-4-2-1-3-5-17)21-18-15-9-13-8-14(11-15)12-16(18)10-13/h1-5,13-16,18H,6-12H2,(H2,20,21,22). The third kappa shape index (κ3) is 3.69. The second kappa shape index (κ2) is 7.02. The lowest BCUT2D eigenvalue weighted by molar-refractivity contribution is -0.00692. The topological polar surface area (TPSA) is 24.1 Å². The van der Waals surface area contributed by atoms with Crippen LogP contribution in [0.2, 0.25) is 0 Å². The average Bonchev–Trinajstić information content (AvgIpc) is 2.55. The molecule has 2 nitrogen and oxygen atoms in total. The molecular weight excluding hydrogens is 320 g/mol. The molecule has 2 N–H and O–H groups in total. The van der Waals surface area contributed by atoms with Crippen LogP contribution in [0.25, 0.3) is 0 Å². The molecule has 4 aliphatic carbocycles. The molecule has 0 spiro atoms. The maximum atomic E-state index is 5.55. The van der Waals surface area contributed by atoms with Crippen LogP contribution in [0.15, 0.2) is 35.2 Å². The molecule has 0 amide bonds. The Morgan fingerprint density at radius 3 is 2.30 bits per heavy atom. The second-order valence-electron chi connectivity index (χ2n) is 7.52. The minimum absolute atomic E-state index is 0.643. The van der Waals surface area contributed by atoms with E-state index in [2.05, 4.69) is 41.0 Å². The van der Waals surface area contributed by atoms with E-state index in [-0.39, 0.29) is 0 Å². The fourth-order valence-corrected chi connectivity index (χ4v) is 6.24. The number of hydrogen-bond donors (Lipinski definition) is 2. The molecule has 0 aromatic heterocycles. The van der Waals surface area contributed by atoms with Crippen molar-refractivity contribution in [1.82, 2.24) is 10.6 Å². The van der Waals surface area contributed by atoms with E-state index in [0.29, 0.717) is 6.04 Å². The van der Waals surface area contributed by atoms with Crippen molar-refractivity contribution in [1.29, 1.82) is 0 Å². The number of hydrogen-bond acceptors (Lipinski definition) is 2. The van der Waals surface area contributed by atoms with E-state index in [1.54, 1.807) is 0 Å². The molecule has 1 aromatic rings. The molecule has 0 unspecified atom stereocenters. The van der Waals surface area contributed by atoms with Gasteiger partial charge in [-0.25, -0.2) is 0 Å². The predicted molar refractivity (Wildman–Crippen MR) is 102 cm³/mol. The zero-order chi connectivity index (χ0) is 15.6. The van der Waals surface area contributed by atoms with Crippen LogP contribution >= 0.6 is 24.0 Å². The zero-order valence-electron chi connectivity index (χ0n) is 13.5. The number of rotatable bonds is 5. The van der Waals surface area contributed by atoms with E-state index < -0.39 is 0 Å². The van der Waals surface area contributed by atoms with Crippen molar-refractivity contribution in [2.75, 3.05) is 12.3 Å². The highest BCUT2D eigenvalue weighted by Crippen LogP contribution is 2.53. The van der Waals surface area contributed by atoms with Crippen molar-refractivity contribution in [2.45, 2.75) is 43.0 Å². The largest absolute Gasteiger partial charge is 0.362 e. The molecule has 0 atom stereocenters. The van der Waals surface area contributed by atoms with Crippen molar-refractivity contribution in [2.24, 2.45) is 23.7 Å². The third-order valence-corrected chi connectivity index (χ3v) is 7.20. The van der Waals surface area contributed by atoms with Crippen molar-refractivity contribution < 1.29 is 0 Å². The Hall–Kier alpha value is -0.740. The first-order valence-electron chi connectivity index (χ1n) is 9.00. The summed E-state index contributed by atoms with van der Waals surface area (Å²) in [6.07, 6.45) is 7.28. The molecule has 0 aliphatic heterocycles. The summed E-state index contributed by atoms with van der Waals surface area (Å²) in [5.74, 6) is 4.86. The van der Waals surface area contributed by atoms with Crippen LogP contribution in [-0.4, -0.2) is 23.5 Å². The van der Waals surface area contributed by atoms with Gasteiger partial charge in [0.25, 0.3) is 0 Å². The van der Waals surface area contributed by atoms with Crippen molar-refractivity contribution >= 4 is 29.1 Å². The Labute approximate surface area is 149 Å². The first-order valence-corrected chi connectivity index (χ1v) is 10.4. The monoisotopic (exact) mass is 346 g/mol. The van der Waals surface area contributed by atoms with Gasteiger partial charge in [0.2, 0.25) is 0 Å². The Kier molecular flexibility index (Phi) is 4.81. The van der Waals surface area contributed by atoms with E-state index in [9.17, 15) is 0 Å². The van der Waals surface area contributed by atoms with Gasteiger partial charge in [0.15, 0.2) is 5.11 Å². The zero-order valence-corrected chi connectivity index (χ0v) is 15.2. The summed E-state index contributed by atoms with van der Waals surface area (Å²) in [6, 6.07) is 11.2. The summed E-state index contributed by atoms with van der Waals surface area (Å²) in [7, 11) is 0. The summed E-state index contributed by atoms with van der Waals surface area (Å²) in [6.45, 7) is 0.929. The molecule has 4 heteroatoms. The number of thioether (sulfide) groups is 1. The Morgan fingerprint density at radius 1 is 1.00 bits per heavy atom. The summed E-state index contributed by atoms with van der Waals surface area (Å²) < 4.78 is 0. The van der Waals surface area contributed by atoms with Gasteiger partial charge in [-0.05, 0) is 80.1 Å². The van der Waals surface area contributed by atoms with Gasteiger partial charge in [-0.2, -0.15) is 0 Å². The molecule has 1 aromatic carbocycles. The fraction of sp³-hybridized carbons (Fsp3) is 0.632. The Balaban J connectivity index is 1.20. The molecule has 0 saturated heterocycles. The number of benzene rings is 1. The minimum Gasteiger partial charge on any atom is -0.362 e. The van der Waals surface area contributed by atoms with E-state index >= 15 is 0 Å². The molecule has 4 aliphatic rings. The van der Waals surface area contributed by atoms with Crippen molar-refractivity contribution in [3.05, 3.63) is 30.3 Å². The highest BCUT2D eigenvalue weighted by Gasteiger charge is 2.48. The van der Waals surface area contributed by atoms with Crippen LogP contribution in [-0.2, 0) is 0 Å². The molecule has 4 fully saturated rings. The first kappa shape index (κ1) is 15.8. The molecule has 124 valence electrons. The highest BCUT2D eigenvalue weighted by molar-refractivity contribution is 7.99. The lowest BCUT2D eigenvalue weighted by Gasteiger charge is -2.54. The summed E-state index contributed by atoms with van der Waals surface area (Å²) in [4.78, 5) is 1.33. The van der Waals surface area contributed by atoms with Gasteiger partial charge in [-0.15, -0.1) is 11.8 Å².